The predicted molar refractivity (Wildman–Crippen MR) is 125 cm³/mol. The SMILES string of the molecule is N#C/C(=C\c1cccc(NC(=O)c2ccc(Cl)cc2)c1)C(=O)Nc1ccc2c(c1)OCCO2. The van der Waals surface area contributed by atoms with Crippen molar-refractivity contribution in [3.8, 4) is 17.6 Å². The maximum Gasteiger partial charge on any atom is 0.266 e. The number of nitrogens with one attached hydrogen (secondary N) is 2. The van der Waals surface area contributed by atoms with Crippen LogP contribution >= 0.6 is 11.6 Å². The number of nitriles is 1. The molecular formula is C25H18ClN3O4. The second-order valence-corrected chi connectivity index (χ2v) is 7.51. The number of carbonyl (C=O) groups excluding carboxylic acids is 2. The summed E-state index contributed by atoms with van der Waals surface area (Å²) in [5, 5.41) is 15.5. The van der Waals surface area contributed by atoms with Crippen molar-refractivity contribution in [3.63, 3.8) is 0 Å². The van der Waals surface area contributed by atoms with Crippen molar-refractivity contribution in [1.82, 2.24) is 0 Å². The number of carbonyl (C=O) groups is 2. The number of amides is 2. The highest BCUT2D eigenvalue weighted by Crippen LogP contribution is 2.32. The van der Waals surface area contributed by atoms with E-state index in [2.05, 4.69) is 10.6 Å². The molecule has 0 saturated carbocycles. The van der Waals surface area contributed by atoms with E-state index in [-0.39, 0.29) is 11.5 Å². The Labute approximate surface area is 195 Å². The van der Waals surface area contributed by atoms with E-state index in [9.17, 15) is 14.9 Å². The number of hydrogen-bond donors (Lipinski definition) is 2. The van der Waals surface area contributed by atoms with Gasteiger partial charge < -0.3 is 20.1 Å². The lowest BCUT2D eigenvalue weighted by Crippen LogP contribution is -2.17. The second kappa shape index (κ2) is 9.90. The third-order valence-electron chi connectivity index (χ3n) is 4.73. The Morgan fingerprint density at radius 2 is 1.64 bits per heavy atom. The Morgan fingerprint density at radius 3 is 2.39 bits per heavy atom. The number of rotatable bonds is 5. The van der Waals surface area contributed by atoms with Gasteiger partial charge in [0.1, 0.15) is 24.9 Å². The highest BCUT2D eigenvalue weighted by atomic mass is 35.5. The third-order valence-corrected chi connectivity index (χ3v) is 4.98. The lowest BCUT2D eigenvalue weighted by Gasteiger charge is -2.18. The topological polar surface area (TPSA) is 100 Å². The van der Waals surface area contributed by atoms with Gasteiger partial charge in [0.25, 0.3) is 11.8 Å². The van der Waals surface area contributed by atoms with Gasteiger partial charge in [0.2, 0.25) is 0 Å². The van der Waals surface area contributed by atoms with Crippen molar-refractivity contribution < 1.29 is 19.1 Å². The largest absolute Gasteiger partial charge is 0.486 e. The predicted octanol–water partition coefficient (Wildman–Crippen LogP) is 4.91. The molecule has 0 spiro atoms. The van der Waals surface area contributed by atoms with Gasteiger partial charge in [0.15, 0.2) is 11.5 Å². The average Bonchev–Trinajstić information content (AvgIpc) is 2.83. The molecule has 0 bridgehead atoms. The van der Waals surface area contributed by atoms with E-state index in [0.29, 0.717) is 52.2 Å². The van der Waals surface area contributed by atoms with Crippen molar-refractivity contribution in [1.29, 1.82) is 5.26 Å². The molecule has 4 rings (SSSR count). The summed E-state index contributed by atoms with van der Waals surface area (Å²) >= 11 is 5.86. The van der Waals surface area contributed by atoms with E-state index in [1.54, 1.807) is 66.7 Å². The highest BCUT2D eigenvalue weighted by Gasteiger charge is 2.15. The smallest absolute Gasteiger partial charge is 0.266 e. The number of fused-ring (bicyclic) bond motifs is 1. The van der Waals surface area contributed by atoms with E-state index >= 15 is 0 Å². The van der Waals surface area contributed by atoms with Crippen molar-refractivity contribution in [2.24, 2.45) is 0 Å². The Bertz CT molecular complexity index is 1280. The van der Waals surface area contributed by atoms with Gasteiger partial charge in [0, 0.05) is 28.0 Å². The zero-order chi connectivity index (χ0) is 23.2. The molecule has 164 valence electrons. The lowest BCUT2D eigenvalue weighted by molar-refractivity contribution is -0.112. The molecule has 0 aromatic heterocycles. The number of halogens is 1. The van der Waals surface area contributed by atoms with Crippen LogP contribution in [0.2, 0.25) is 5.02 Å². The van der Waals surface area contributed by atoms with Crippen LogP contribution in [0.5, 0.6) is 11.5 Å². The maximum absolute atomic E-state index is 12.6. The van der Waals surface area contributed by atoms with Crippen LogP contribution in [0.1, 0.15) is 15.9 Å². The number of benzene rings is 3. The molecule has 0 saturated heterocycles. The van der Waals surface area contributed by atoms with Crippen LogP contribution in [0.4, 0.5) is 11.4 Å². The number of nitrogens with zero attached hydrogens (tertiary/aromatic N) is 1. The Kier molecular flexibility index (Phi) is 6.58. The van der Waals surface area contributed by atoms with Gasteiger partial charge in [-0.2, -0.15) is 5.26 Å². The van der Waals surface area contributed by atoms with Crippen molar-refractivity contribution in [2.75, 3.05) is 23.8 Å². The minimum absolute atomic E-state index is 0.0916. The molecule has 2 amide bonds. The molecule has 1 heterocycles. The fourth-order valence-electron chi connectivity index (χ4n) is 3.15. The molecule has 2 N–H and O–H groups in total. The molecule has 8 heteroatoms. The summed E-state index contributed by atoms with van der Waals surface area (Å²) in [7, 11) is 0. The van der Waals surface area contributed by atoms with Crippen molar-refractivity contribution >= 4 is 40.9 Å². The van der Waals surface area contributed by atoms with Crippen LogP contribution in [-0.4, -0.2) is 25.0 Å². The molecule has 1 aliphatic heterocycles. The van der Waals surface area contributed by atoms with Crippen LogP contribution in [0, 0.1) is 11.3 Å². The molecule has 3 aromatic carbocycles. The standard InChI is InChI=1S/C25H18ClN3O4/c26-19-6-4-17(5-7-19)24(30)28-20-3-1-2-16(13-20)12-18(15-27)25(31)29-21-8-9-22-23(14-21)33-11-10-32-22/h1-9,12-14H,10-11H2,(H,28,30)(H,29,31)/b18-12+. The zero-order valence-electron chi connectivity index (χ0n) is 17.3. The van der Waals surface area contributed by atoms with Gasteiger partial charge in [-0.05, 0) is 60.2 Å². The van der Waals surface area contributed by atoms with Crippen LogP contribution < -0.4 is 20.1 Å². The van der Waals surface area contributed by atoms with E-state index in [0.717, 1.165) is 0 Å². The quantitative estimate of drug-likeness (QED) is 0.417. The summed E-state index contributed by atoms with van der Waals surface area (Å²) in [6, 6.07) is 20.3. The molecule has 7 nitrogen and oxygen atoms in total. The van der Waals surface area contributed by atoms with E-state index < -0.39 is 5.91 Å². The monoisotopic (exact) mass is 459 g/mol. The lowest BCUT2D eigenvalue weighted by atomic mass is 10.1. The second-order valence-electron chi connectivity index (χ2n) is 7.07. The number of hydrogen-bond acceptors (Lipinski definition) is 5. The number of anilines is 2. The van der Waals surface area contributed by atoms with Gasteiger partial charge in [-0.25, -0.2) is 0 Å². The van der Waals surface area contributed by atoms with E-state index in [1.165, 1.54) is 6.08 Å². The Morgan fingerprint density at radius 1 is 0.909 bits per heavy atom. The van der Waals surface area contributed by atoms with E-state index in [1.807, 2.05) is 6.07 Å². The Balaban J connectivity index is 1.47. The third kappa shape index (κ3) is 5.50. The highest BCUT2D eigenvalue weighted by molar-refractivity contribution is 6.30. The summed E-state index contributed by atoms with van der Waals surface area (Å²) in [4.78, 5) is 25.1. The number of ether oxygens (including phenoxy) is 2. The zero-order valence-corrected chi connectivity index (χ0v) is 18.1. The molecule has 1 aliphatic rings. The van der Waals surface area contributed by atoms with Crippen LogP contribution in [0.25, 0.3) is 6.08 Å². The summed E-state index contributed by atoms with van der Waals surface area (Å²) < 4.78 is 11.0. The maximum atomic E-state index is 12.6. The summed E-state index contributed by atoms with van der Waals surface area (Å²) in [6.07, 6.45) is 1.45. The minimum atomic E-state index is -0.565. The first-order valence-electron chi connectivity index (χ1n) is 10.0. The fraction of sp³-hybridized carbons (Fsp3) is 0.0800. The van der Waals surface area contributed by atoms with Crippen LogP contribution in [0.15, 0.2) is 72.3 Å². The average molecular weight is 460 g/mol. The van der Waals surface area contributed by atoms with Crippen LogP contribution in [-0.2, 0) is 4.79 Å². The molecule has 0 unspecified atom stereocenters. The summed E-state index contributed by atoms with van der Waals surface area (Å²) in [6.45, 7) is 0.901. The normalized spacial score (nSPS) is 12.4. The van der Waals surface area contributed by atoms with Crippen molar-refractivity contribution in [2.45, 2.75) is 0 Å². The first kappa shape index (κ1) is 21.9. The fourth-order valence-corrected chi connectivity index (χ4v) is 3.27. The first-order valence-corrected chi connectivity index (χ1v) is 10.4. The van der Waals surface area contributed by atoms with Gasteiger partial charge in [-0.3, -0.25) is 9.59 Å². The van der Waals surface area contributed by atoms with Gasteiger partial charge >= 0.3 is 0 Å². The molecule has 0 aliphatic carbocycles. The molecule has 0 atom stereocenters. The minimum Gasteiger partial charge on any atom is -0.486 e. The van der Waals surface area contributed by atoms with Gasteiger partial charge in [-0.1, -0.05) is 23.7 Å². The molecule has 3 aromatic rings. The molecule has 0 radical (unpaired) electrons. The Hall–Kier alpha value is -4.28. The van der Waals surface area contributed by atoms with Gasteiger partial charge in [-0.15, -0.1) is 0 Å². The van der Waals surface area contributed by atoms with Crippen LogP contribution in [0.3, 0.4) is 0 Å². The van der Waals surface area contributed by atoms with Gasteiger partial charge in [0.05, 0.1) is 0 Å². The first-order chi connectivity index (χ1) is 16.0. The molecule has 0 fully saturated rings. The summed E-state index contributed by atoms with van der Waals surface area (Å²) in [5.74, 6) is 0.271. The molecule has 33 heavy (non-hydrogen) atoms. The van der Waals surface area contributed by atoms with E-state index in [4.69, 9.17) is 21.1 Å². The summed E-state index contributed by atoms with van der Waals surface area (Å²) in [5.41, 5.74) is 1.95. The van der Waals surface area contributed by atoms with Crippen molar-refractivity contribution in [3.05, 3.63) is 88.5 Å². The molecular weight excluding hydrogens is 442 g/mol.